The number of nitrogens with one attached hydrogen (secondary N) is 1. The molecule has 0 radical (unpaired) electrons. The van der Waals surface area contributed by atoms with Gasteiger partial charge in [-0.1, -0.05) is 299 Å². The molecular formula is C95H83BBr3ClF4MgN2O11. The molecule has 1 saturated heterocycles. The van der Waals surface area contributed by atoms with Gasteiger partial charge in [-0.15, -0.1) is 0 Å². The standard InChI is InChI=1S/C20H16FNO2.C20H15FO2.C19H15FO.C13H11BrO.C7H5BrO.C6H6BFO2.C6H5.C4H8O.BrH.ClH2NO.Mg/c21-18-12-10-15(11-13-18)14-6-8-17(9-7-14)19(20(23)22-24)16-4-2-1-3-5-16;21-18-12-10-15(11-13-18)14-6-8-17(9-7-14)19(20(22)23)16-4-2-1-3-5-16;20-18-12-10-15(11-13-18)14-6-8-17(9-7-14)19(21)16-4-2-1-3-5-16;14-12-8-6-11(7-9-12)13(15)10-4-2-1-3-5-10;8-7-3-1-6(5-9)2-4-7;8-6-3-1-5(2-4-6)7(9)10;1-2-4-6-5-3-1;1-2-4-5-3-1;;1-3-2;/h1-13,19,24H,(H,22,23);1-13,19H,(H,22,23);1-13,19,21H;1-9,13,15H;1-5H;1-4,9-10H;1-5H;1-4H2;1H;2H2;/q;;;;;;-1;;;;+2/p-1. The number of halogens is 8. The molecule has 118 heavy (non-hydrogen) atoms. The number of carboxylic acids is 1. The minimum absolute atomic E-state index is 0. The molecule has 0 aliphatic carbocycles. The zero-order valence-electron chi connectivity index (χ0n) is 63.5. The topological polar surface area (TPSA) is 229 Å². The van der Waals surface area contributed by atoms with E-state index in [2.05, 4.69) is 60.1 Å². The van der Waals surface area contributed by atoms with E-state index in [0.29, 0.717) is 11.0 Å². The number of benzene rings is 14. The first-order valence-corrected chi connectivity index (χ1v) is 38.0. The summed E-state index contributed by atoms with van der Waals surface area (Å²) in [6, 6.07) is 111. The number of aldehydes is 1. The van der Waals surface area contributed by atoms with Crippen LogP contribution in [-0.2, 0) is 18.7 Å². The van der Waals surface area contributed by atoms with Crippen LogP contribution in [0.4, 0.5) is 17.6 Å². The summed E-state index contributed by atoms with van der Waals surface area (Å²) in [5.74, 6) is 0.263. The first-order valence-electron chi connectivity index (χ1n) is 36.1. The Labute approximate surface area is 733 Å². The zero-order chi connectivity index (χ0) is 83.2. The van der Waals surface area contributed by atoms with Crippen molar-refractivity contribution >= 4 is 97.5 Å². The summed E-state index contributed by atoms with van der Waals surface area (Å²) in [6.07, 6.45) is 2.21. The molecule has 14 aromatic carbocycles. The second-order valence-corrected chi connectivity index (χ2v) is 27.2. The fourth-order valence-electron chi connectivity index (χ4n) is 11.2. The van der Waals surface area contributed by atoms with Gasteiger partial charge < -0.3 is 47.1 Å². The van der Waals surface area contributed by atoms with Gasteiger partial charge in [-0.2, -0.15) is 46.7 Å². The molecule has 14 aromatic rings. The maximum Gasteiger partial charge on any atom is 2.00 e. The molecule has 15 rings (SSSR count). The molecule has 1 aliphatic rings. The van der Waals surface area contributed by atoms with Crippen LogP contribution in [-0.4, -0.2) is 92.1 Å². The summed E-state index contributed by atoms with van der Waals surface area (Å²) in [6.45, 7) is 2.00. The molecule has 1 heterocycles. The smallest absolute Gasteiger partial charge is 1.00 e. The van der Waals surface area contributed by atoms with Crippen LogP contribution < -0.4 is 33.8 Å². The van der Waals surface area contributed by atoms with Gasteiger partial charge in [0.25, 0.3) is 5.91 Å². The number of ether oxygens (including phenoxy) is 1. The van der Waals surface area contributed by atoms with E-state index in [9.17, 15) is 47.3 Å². The molecule has 1 amide bonds. The third-order valence-electron chi connectivity index (χ3n) is 17.2. The summed E-state index contributed by atoms with van der Waals surface area (Å²) in [4.78, 5) is 33.9. The number of carbonyl (C=O) groups excluding carboxylic acids is 2. The molecule has 0 aromatic heterocycles. The van der Waals surface area contributed by atoms with Crippen LogP contribution in [0.3, 0.4) is 0 Å². The number of carboxylic acid groups (broad SMARTS) is 1. The van der Waals surface area contributed by atoms with Crippen molar-refractivity contribution in [2.24, 2.45) is 5.90 Å². The van der Waals surface area contributed by atoms with Crippen LogP contribution in [0.1, 0.15) is 91.8 Å². The Morgan fingerprint density at radius 1 is 0.424 bits per heavy atom. The van der Waals surface area contributed by atoms with Crippen molar-refractivity contribution in [3.8, 4) is 33.4 Å². The number of hydroxylamine groups is 1. The van der Waals surface area contributed by atoms with Gasteiger partial charge in [0.15, 0.2) is 0 Å². The number of hydrogen-bond donors (Lipinski definition) is 8. The summed E-state index contributed by atoms with van der Waals surface area (Å²) >= 11 is 10.9. The SMILES string of the molecule is C1CCOC1.NOCl.O=C(NO)C(c1ccccc1)c1ccc(-c2ccc(F)cc2)cc1.O=C(O)C(c1ccccc1)c1ccc(-c2ccc(F)cc2)cc1.O=Cc1ccc(Br)cc1.OB(O)c1ccc(F)cc1.OC(c1ccccc1)c1ccc(-c2ccc(F)cc2)cc1.OC(c1ccccc1)c1ccc(Br)cc1.[Br-].[Mg+2].[c-]1ccccc1. The van der Waals surface area contributed by atoms with Gasteiger partial charge in [-0.3, -0.25) is 19.6 Å². The van der Waals surface area contributed by atoms with Crippen molar-refractivity contribution in [3.05, 3.63) is 458 Å². The van der Waals surface area contributed by atoms with E-state index in [1.54, 1.807) is 54.0 Å². The molecule has 9 N–H and O–H groups in total. The van der Waals surface area contributed by atoms with Crippen LogP contribution in [0.25, 0.3) is 33.4 Å². The van der Waals surface area contributed by atoms with Gasteiger partial charge in [-0.05, 0) is 169 Å². The maximum absolute atomic E-state index is 13.0. The Kier molecular flexibility index (Phi) is 46.1. The predicted molar refractivity (Wildman–Crippen MR) is 463 cm³/mol. The minimum atomic E-state index is -1.51. The maximum atomic E-state index is 13.0. The van der Waals surface area contributed by atoms with Gasteiger partial charge in [0.2, 0.25) is 0 Å². The average Bonchev–Trinajstić information content (AvgIpc) is 0.848. The molecular weight excluding hydrogens is 1730 g/mol. The van der Waals surface area contributed by atoms with Crippen molar-refractivity contribution in [1.82, 2.24) is 5.48 Å². The molecule has 600 valence electrons. The summed E-state index contributed by atoms with van der Waals surface area (Å²) in [5, 5.41) is 56.1. The molecule has 0 spiro atoms. The van der Waals surface area contributed by atoms with E-state index >= 15 is 0 Å². The quantitative estimate of drug-likeness (QED) is 0.0120. The number of nitrogens with two attached hydrogens (primary N) is 1. The van der Waals surface area contributed by atoms with Crippen molar-refractivity contribution in [3.63, 3.8) is 0 Å². The van der Waals surface area contributed by atoms with E-state index < -0.39 is 43.0 Å². The second-order valence-electron chi connectivity index (χ2n) is 25.1. The third kappa shape index (κ3) is 34.7. The molecule has 4 atom stereocenters. The van der Waals surface area contributed by atoms with E-state index in [1.807, 2.05) is 261 Å². The fraction of sp³-hybridized carbons (Fsp3) is 0.0842. The van der Waals surface area contributed by atoms with E-state index in [4.69, 9.17) is 20.0 Å². The summed E-state index contributed by atoms with van der Waals surface area (Å²) in [5.41, 5.74) is 14.9. The van der Waals surface area contributed by atoms with Crippen LogP contribution >= 0.6 is 43.7 Å². The van der Waals surface area contributed by atoms with Crippen LogP contribution in [0.15, 0.2) is 379 Å². The number of hydrogen-bond acceptors (Lipinski definition) is 11. The van der Waals surface area contributed by atoms with Crippen LogP contribution in [0.2, 0.25) is 0 Å². The second kappa shape index (κ2) is 55.4. The number of rotatable bonds is 15. The Hall–Kier alpha value is -10.3. The van der Waals surface area contributed by atoms with Gasteiger partial charge >= 0.3 is 36.1 Å². The third-order valence-corrected chi connectivity index (χ3v) is 18.2. The molecule has 4 unspecified atom stereocenters. The van der Waals surface area contributed by atoms with Crippen LogP contribution in [0.5, 0.6) is 0 Å². The fourth-order valence-corrected chi connectivity index (χ4v) is 11.7. The van der Waals surface area contributed by atoms with Crippen molar-refractivity contribution in [1.29, 1.82) is 0 Å². The molecule has 23 heteroatoms. The number of aliphatic hydroxyl groups is 2. The first-order chi connectivity index (χ1) is 56.3. The molecule has 0 bridgehead atoms. The van der Waals surface area contributed by atoms with Crippen LogP contribution in [0, 0.1) is 29.3 Å². The molecule has 0 saturated carbocycles. The normalized spacial score (nSPS) is 11.5. The summed E-state index contributed by atoms with van der Waals surface area (Å²) < 4.78 is 61.3. The predicted octanol–water partition coefficient (Wildman–Crippen LogP) is 17.6. The first kappa shape index (κ1) is 98.2. The number of aliphatic carboxylic acids is 1. The van der Waals surface area contributed by atoms with Gasteiger partial charge in [0.1, 0.15) is 47.7 Å². The van der Waals surface area contributed by atoms with E-state index in [-0.39, 0.29) is 63.3 Å². The Morgan fingerprint density at radius 3 is 0.949 bits per heavy atom. The monoisotopic (exact) mass is 1810 g/mol. The van der Waals surface area contributed by atoms with Crippen molar-refractivity contribution in [2.75, 3.05) is 13.2 Å². The van der Waals surface area contributed by atoms with E-state index in [1.165, 1.54) is 73.5 Å². The number of amides is 1. The molecule has 1 aliphatic heterocycles. The minimum Gasteiger partial charge on any atom is -1.00 e. The summed E-state index contributed by atoms with van der Waals surface area (Å²) in [7, 11) is -1.51. The molecule has 1 fully saturated rings. The van der Waals surface area contributed by atoms with Gasteiger partial charge in [-0.25, -0.2) is 23.0 Å². The molecule has 13 nitrogen and oxygen atoms in total. The van der Waals surface area contributed by atoms with Crippen molar-refractivity contribution < 1.29 is 88.6 Å². The largest absolute Gasteiger partial charge is 2.00 e. The van der Waals surface area contributed by atoms with Gasteiger partial charge in [0.05, 0.1) is 17.8 Å². The average molecular weight is 1810 g/mol. The van der Waals surface area contributed by atoms with E-state index in [0.717, 1.165) is 106 Å². The van der Waals surface area contributed by atoms with Gasteiger partial charge in [0, 0.05) is 27.7 Å². The zero-order valence-corrected chi connectivity index (χ0v) is 70.5. The Bertz CT molecular complexity index is 5040. The Balaban J connectivity index is 0.000000249. The number of carbonyl (C=O) groups is 3. The number of aliphatic hydroxyl groups excluding tert-OH is 2. The Morgan fingerprint density at radius 2 is 0.678 bits per heavy atom. The van der Waals surface area contributed by atoms with Crippen molar-refractivity contribution in [2.45, 2.75) is 36.9 Å².